The van der Waals surface area contributed by atoms with Gasteiger partial charge in [0.15, 0.2) is 11.9 Å². The van der Waals surface area contributed by atoms with Crippen LogP contribution >= 0.6 is 0 Å². The van der Waals surface area contributed by atoms with Crippen LogP contribution in [0.3, 0.4) is 0 Å². The third kappa shape index (κ3) is 4.61. The molecule has 3 heterocycles. The molecule has 4 fully saturated rings. The third-order valence-electron chi connectivity index (χ3n) is 7.75. The zero-order chi connectivity index (χ0) is 24.3. The Bertz CT molecular complexity index is 870. The van der Waals surface area contributed by atoms with Crippen LogP contribution in [0.1, 0.15) is 80.0 Å². The first-order chi connectivity index (χ1) is 16.4. The van der Waals surface area contributed by atoms with Crippen molar-refractivity contribution in [1.29, 1.82) is 0 Å². The van der Waals surface area contributed by atoms with E-state index in [1.54, 1.807) is 36.3 Å². The van der Waals surface area contributed by atoms with E-state index in [1.165, 1.54) is 0 Å². The Morgan fingerprint density at radius 2 is 1.76 bits per heavy atom. The van der Waals surface area contributed by atoms with E-state index in [9.17, 15) is 9.59 Å². The van der Waals surface area contributed by atoms with Crippen LogP contribution in [0.25, 0.3) is 0 Å². The summed E-state index contributed by atoms with van der Waals surface area (Å²) in [5.74, 6) is -0.882. The van der Waals surface area contributed by atoms with Crippen LogP contribution < -0.4 is 0 Å². The van der Waals surface area contributed by atoms with Gasteiger partial charge in [0.2, 0.25) is 5.79 Å². The summed E-state index contributed by atoms with van der Waals surface area (Å²) in [7, 11) is 1.64. The highest BCUT2D eigenvalue weighted by molar-refractivity contribution is 5.96. The lowest BCUT2D eigenvalue weighted by Crippen LogP contribution is -2.63. The topological polar surface area (TPSA) is 83.5 Å². The minimum atomic E-state index is -0.793. The molecule has 1 amide bonds. The summed E-state index contributed by atoms with van der Waals surface area (Å²) in [4.78, 5) is 38.7. The van der Waals surface area contributed by atoms with Crippen LogP contribution in [0.5, 0.6) is 0 Å². The van der Waals surface area contributed by atoms with Gasteiger partial charge in [0.1, 0.15) is 0 Å². The third-order valence-corrected chi connectivity index (χ3v) is 7.75. The van der Waals surface area contributed by atoms with E-state index in [-0.39, 0.29) is 24.3 Å². The normalized spacial score (nSPS) is 32.5. The number of amides is 1. The Morgan fingerprint density at radius 3 is 2.44 bits per heavy atom. The molecule has 1 saturated carbocycles. The fraction of sp³-hybridized carbons (Fsp3) is 0.692. The Kier molecular flexibility index (Phi) is 7.62. The zero-order valence-corrected chi connectivity index (χ0v) is 20.7. The molecule has 8 heteroatoms. The number of fused-ring (bicyclic) bond motifs is 3. The summed E-state index contributed by atoms with van der Waals surface area (Å²) in [6, 6.07) is 6.65. The predicted octanol–water partition coefficient (Wildman–Crippen LogP) is 4.33. The van der Waals surface area contributed by atoms with Gasteiger partial charge in [-0.3, -0.25) is 4.79 Å². The van der Waals surface area contributed by atoms with Crippen molar-refractivity contribution in [3.63, 3.8) is 0 Å². The molecule has 1 aromatic carbocycles. The standard InChI is InChI=1S/C26H37NO7/c1-5-27(6-2)22(28)18-10-12-19(13-11-18)23(29)31-17-15-21-9-7-8-20-14-16-25(3)32-24(30-4)26(20,21)34-33-25/h10-13,20-21,24H,5-9,14-17H2,1-4H3/t20-,21+,24+,25-,26-/m1/s1. The molecule has 1 spiro atoms. The van der Waals surface area contributed by atoms with E-state index < -0.39 is 23.6 Å². The number of methoxy groups -OCH3 is 1. The second-order valence-electron chi connectivity index (χ2n) is 9.68. The maximum absolute atomic E-state index is 12.6. The van der Waals surface area contributed by atoms with Gasteiger partial charge in [-0.15, -0.1) is 0 Å². The largest absolute Gasteiger partial charge is 0.462 e. The molecule has 8 nitrogen and oxygen atoms in total. The molecule has 0 radical (unpaired) electrons. The fourth-order valence-corrected chi connectivity index (χ4v) is 5.78. The second-order valence-corrected chi connectivity index (χ2v) is 9.68. The number of esters is 1. The monoisotopic (exact) mass is 475 g/mol. The van der Waals surface area contributed by atoms with E-state index in [0.29, 0.717) is 30.6 Å². The van der Waals surface area contributed by atoms with Crippen molar-refractivity contribution in [1.82, 2.24) is 4.90 Å². The van der Waals surface area contributed by atoms with Crippen LogP contribution in [-0.2, 0) is 24.0 Å². The maximum atomic E-state index is 12.6. The molecule has 0 N–H and O–H groups in total. The van der Waals surface area contributed by atoms with Gasteiger partial charge in [-0.1, -0.05) is 6.42 Å². The lowest BCUT2D eigenvalue weighted by atomic mass is 9.65. The average molecular weight is 476 g/mol. The number of nitrogens with zero attached hydrogens (tertiary/aromatic N) is 1. The number of ether oxygens (including phenoxy) is 3. The molecule has 1 aliphatic carbocycles. The average Bonchev–Trinajstić information content (AvgIpc) is 3.09. The zero-order valence-electron chi connectivity index (χ0n) is 20.7. The molecule has 1 aromatic rings. The molecule has 5 atom stereocenters. The van der Waals surface area contributed by atoms with Crippen molar-refractivity contribution < 1.29 is 33.6 Å². The first-order valence-electron chi connectivity index (χ1n) is 12.5. The predicted molar refractivity (Wildman–Crippen MR) is 124 cm³/mol. The number of benzene rings is 1. The van der Waals surface area contributed by atoms with Gasteiger partial charge in [0.05, 0.1) is 12.2 Å². The second kappa shape index (κ2) is 10.3. The smallest absolute Gasteiger partial charge is 0.338 e. The molecular formula is C26H37NO7. The highest BCUT2D eigenvalue weighted by Gasteiger charge is 2.63. The Morgan fingerprint density at radius 1 is 1.06 bits per heavy atom. The summed E-state index contributed by atoms with van der Waals surface area (Å²) in [5, 5.41) is 0. The van der Waals surface area contributed by atoms with Crippen molar-refractivity contribution in [2.45, 2.75) is 77.0 Å². The Labute approximate surface area is 201 Å². The molecule has 4 aliphatic rings. The van der Waals surface area contributed by atoms with Gasteiger partial charge in [-0.2, -0.15) is 0 Å². The quantitative estimate of drug-likeness (QED) is 0.409. The van der Waals surface area contributed by atoms with Gasteiger partial charge < -0.3 is 19.1 Å². The van der Waals surface area contributed by atoms with Crippen LogP contribution in [0.2, 0.25) is 0 Å². The molecule has 2 bridgehead atoms. The minimum absolute atomic E-state index is 0.0415. The van der Waals surface area contributed by atoms with Crippen molar-refractivity contribution in [2.24, 2.45) is 11.8 Å². The Hall–Kier alpha value is -2.00. The van der Waals surface area contributed by atoms with Gasteiger partial charge in [-0.25, -0.2) is 14.6 Å². The van der Waals surface area contributed by atoms with Gasteiger partial charge in [-0.05, 0) is 82.6 Å². The number of hydrogen-bond acceptors (Lipinski definition) is 7. The van der Waals surface area contributed by atoms with Crippen LogP contribution in [0.15, 0.2) is 24.3 Å². The number of hydrogen-bond donors (Lipinski definition) is 0. The van der Waals surface area contributed by atoms with Crippen LogP contribution in [0.4, 0.5) is 0 Å². The van der Waals surface area contributed by atoms with Crippen molar-refractivity contribution in [3.8, 4) is 0 Å². The molecule has 3 aliphatic heterocycles. The lowest BCUT2D eigenvalue weighted by Gasteiger charge is -2.53. The van der Waals surface area contributed by atoms with E-state index in [1.807, 2.05) is 20.8 Å². The number of rotatable bonds is 8. The molecule has 5 rings (SSSR count). The number of carbonyl (C=O) groups is 2. The van der Waals surface area contributed by atoms with Crippen molar-refractivity contribution in [2.75, 3.05) is 26.8 Å². The van der Waals surface area contributed by atoms with E-state index >= 15 is 0 Å². The molecule has 0 unspecified atom stereocenters. The molecule has 34 heavy (non-hydrogen) atoms. The first kappa shape index (κ1) is 25.1. The Balaban J connectivity index is 1.38. The van der Waals surface area contributed by atoms with E-state index in [0.717, 1.165) is 32.1 Å². The van der Waals surface area contributed by atoms with E-state index in [2.05, 4.69) is 0 Å². The van der Waals surface area contributed by atoms with Gasteiger partial charge >= 0.3 is 5.97 Å². The molecular weight excluding hydrogens is 438 g/mol. The molecule has 3 saturated heterocycles. The highest BCUT2D eigenvalue weighted by Crippen LogP contribution is 2.55. The fourth-order valence-electron chi connectivity index (χ4n) is 5.78. The van der Waals surface area contributed by atoms with Crippen LogP contribution in [-0.4, -0.2) is 61.3 Å². The first-order valence-corrected chi connectivity index (χ1v) is 12.5. The SMILES string of the molecule is CCN(CC)C(=O)c1ccc(C(=O)OCC[C@@H]2CCC[C@@H]3CC[C@@]4(C)OO[C@]32[C@@H](OC)O4)cc1. The van der Waals surface area contributed by atoms with Gasteiger partial charge in [0.25, 0.3) is 5.91 Å². The highest BCUT2D eigenvalue weighted by atomic mass is 17.3. The van der Waals surface area contributed by atoms with Crippen LogP contribution in [0, 0.1) is 11.8 Å². The number of carbonyl (C=O) groups excluding carboxylic acids is 2. The summed E-state index contributed by atoms with van der Waals surface area (Å²) in [5.41, 5.74) is 0.298. The molecule has 0 aromatic heterocycles. The van der Waals surface area contributed by atoms with Crippen molar-refractivity contribution >= 4 is 11.9 Å². The van der Waals surface area contributed by atoms with E-state index in [4.69, 9.17) is 24.0 Å². The van der Waals surface area contributed by atoms with Gasteiger partial charge in [0, 0.05) is 32.2 Å². The summed E-state index contributed by atoms with van der Waals surface area (Å²) in [6.07, 6.45) is 4.87. The maximum Gasteiger partial charge on any atom is 0.338 e. The van der Waals surface area contributed by atoms with Crippen molar-refractivity contribution in [3.05, 3.63) is 35.4 Å². The summed E-state index contributed by atoms with van der Waals surface area (Å²) in [6.45, 7) is 7.33. The summed E-state index contributed by atoms with van der Waals surface area (Å²) >= 11 is 0. The summed E-state index contributed by atoms with van der Waals surface area (Å²) < 4.78 is 17.6. The minimum Gasteiger partial charge on any atom is -0.462 e. The lowest BCUT2D eigenvalue weighted by molar-refractivity contribution is -0.554. The molecule has 188 valence electrons.